The molecule has 0 aliphatic heterocycles. The van der Waals surface area contributed by atoms with Crippen LogP contribution < -0.4 is 11.1 Å². The molecule has 0 aromatic heterocycles. The molecule has 6 heteroatoms. The van der Waals surface area contributed by atoms with Gasteiger partial charge in [0.2, 0.25) is 11.8 Å². The van der Waals surface area contributed by atoms with Gasteiger partial charge in [0, 0.05) is 5.69 Å². The number of hydrogen-bond acceptors (Lipinski definition) is 3. The van der Waals surface area contributed by atoms with Crippen molar-refractivity contribution in [2.45, 2.75) is 25.7 Å². The second-order valence-electron chi connectivity index (χ2n) is 5.31. The van der Waals surface area contributed by atoms with E-state index >= 15 is 0 Å². The van der Waals surface area contributed by atoms with Crippen molar-refractivity contribution in [3.63, 3.8) is 0 Å². The lowest BCUT2D eigenvalue weighted by atomic mass is 9.95. The molecule has 0 unspecified atom stereocenters. The maximum atomic E-state index is 12.1. The summed E-state index contributed by atoms with van der Waals surface area (Å²) in [5, 5.41) is 11.8. The van der Waals surface area contributed by atoms with Crippen LogP contribution in [0.1, 0.15) is 24.8 Å². The molecule has 4 N–H and O–H groups in total. The Hall–Kier alpha value is -2.37. The highest BCUT2D eigenvalue weighted by Crippen LogP contribution is 2.32. The van der Waals surface area contributed by atoms with Gasteiger partial charge in [0.1, 0.15) is 0 Å². The molecule has 1 saturated carbocycles. The van der Waals surface area contributed by atoms with Crippen LogP contribution in [0.25, 0.3) is 0 Å². The summed E-state index contributed by atoms with van der Waals surface area (Å²) >= 11 is 0. The van der Waals surface area contributed by atoms with Gasteiger partial charge in [-0.05, 0) is 30.5 Å². The molecule has 0 radical (unpaired) electrons. The molecule has 0 heterocycles. The lowest BCUT2D eigenvalue weighted by Crippen LogP contribution is -2.29. The van der Waals surface area contributed by atoms with Crippen molar-refractivity contribution < 1.29 is 19.5 Å². The van der Waals surface area contributed by atoms with Crippen LogP contribution in [0, 0.1) is 11.8 Å². The Balaban J connectivity index is 1.99. The van der Waals surface area contributed by atoms with Crippen molar-refractivity contribution >= 4 is 23.5 Å². The third kappa shape index (κ3) is 3.81. The highest BCUT2D eigenvalue weighted by Gasteiger charge is 2.37. The summed E-state index contributed by atoms with van der Waals surface area (Å²) in [5.74, 6) is -2.67. The standard InChI is InChI=1S/C15H18N2O4/c16-13(18)8-9-4-6-10(7-5-9)17-14(19)11-2-1-3-12(11)15(20)21/h4-7,11-12H,1-3,8H2,(H2,16,18)(H,17,19)(H,20,21)/t11-,12+/m1/s1. The highest BCUT2D eigenvalue weighted by molar-refractivity contribution is 5.95. The number of aliphatic carboxylic acids is 1. The van der Waals surface area contributed by atoms with E-state index in [-0.39, 0.29) is 12.3 Å². The van der Waals surface area contributed by atoms with Gasteiger partial charge < -0.3 is 16.2 Å². The van der Waals surface area contributed by atoms with Crippen molar-refractivity contribution in [2.24, 2.45) is 17.6 Å². The van der Waals surface area contributed by atoms with Crippen LogP contribution >= 0.6 is 0 Å². The van der Waals surface area contributed by atoms with Gasteiger partial charge in [-0.2, -0.15) is 0 Å². The normalized spacial score (nSPS) is 21.0. The highest BCUT2D eigenvalue weighted by atomic mass is 16.4. The van der Waals surface area contributed by atoms with Gasteiger partial charge in [-0.1, -0.05) is 18.6 Å². The molecule has 0 bridgehead atoms. The summed E-state index contributed by atoms with van der Waals surface area (Å²) in [7, 11) is 0. The minimum atomic E-state index is -0.913. The Kier molecular flexibility index (Phi) is 4.57. The van der Waals surface area contributed by atoms with Gasteiger partial charge >= 0.3 is 5.97 Å². The fraction of sp³-hybridized carbons (Fsp3) is 0.400. The topological polar surface area (TPSA) is 109 Å². The molecule has 112 valence electrons. The Morgan fingerprint density at radius 3 is 2.33 bits per heavy atom. The summed E-state index contributed by atoms with van der Waals surface area (Å²) in [6, 6.07) is 6.79. The van der Waals surface area contributed by atoms with Crippen molar-refractivity contribution in [3.8, 4) is 0 Å². The molecule has 2 atom stereocenters. The van der Waals surface area contributed by atoms with Gasteiger partial charge in [-0.25, -0.2) is 0 Å². The first kappa shape index (κ1) is 15.0. The van der Waals surface area contributed by atoms with Crippen LogP contribution in [0.5, 0.6) is 0 Å². The minimum Gasteiger partial charge on any atom is -0.481 e. The molecular weight excluding hydrogens is 272 g/mol. The molecule has 1 aliphatic rings. The van der Waals surface area contributed by atoms with Crippen molar-refractivity contribution in [1.82, 2.24) is 0 Å². The first-order chi connectivity index (χ1) is 9.97. The molecular formula is C15H18N2O4. The zero-order chi connectivity index (χ0) is 15.4. The summed E-state index contributed by atoms with van der Waals surface area (Å²) in [6.07, 6.45) is 2.05. The largest absolute Gasteiger partial charge is 0.481 e. The van der Waals surface area contributed by atoms with E-state index in [0.29, 0.717) is 18.5 Å². The number of benzene rings is 1. The van der Waals surface area contributed by atoms with E-state index in [1.807, 2.05) is 0 Å². The van der Waals surface area contributed by atoms with Crippen LogP contribution in [0.4, 0.5) is 5.69 Å². The summed E-state index contributed by atoms with van der Waals surface area (Å²) in [5.41, 5.74) is 6.46. The van der Waals surface area contributed by atoms with Crippen molar-refractivity contribution in [1.29, 1.82) is 0 Å². The minimum absolute atomic E-state index is 0.151. The second-order valence-corrected chi connectivity index (χ2v) is 5.31. The van der Waals surface area contributed by atoms with Gasteiger partial charge in [0.05, 0.1) is 18.3 Å². The maximum absolute atomic E-state index is 12.1. The first-order valence-electron chi connectivity index (χ1n) is 6.88. The zero-order valence-corrected chi connectivity index (χ0v) is 11.5. The van der Waals surface area contributed by atoms with Crippen LogP contribution in [0.3, 0.4) is 0 Å². The van der Waals surface area contributed by atoms with Gasteiger partial charge in [-0.3, -0.25) is 14.4 Å². The van der Waals surface area contributed by atoms with Crippen molar-refractivity contribution in [3.05, 3.63) is 29.8 Å². The number of carbonyl (C=O) groups is 3. The summed E-state index contributed by atoms with van der Waals surface area (Å²) in [4.78, 5) is 34.0. The number of nitrogens with two attached hydrogens (primary N) is 1. The molecule has 1 aliphatic carbocycles. The molecule has 1 fully saturated rings. The number of hydrogen-bond donors (Lipinski definition) is 3. The molecule has 21 heavy (non-hydrogen) atoms. The predicted molar refractivity (Wildman–Crippen MR) is 76.4 cm³/mol. The van der Waals surface area contributed by atoms with Gasteiger partial charge in [0.15, 0.2) is 0 Å². The number of rotatable bonds is 5. The fourth-order valence-electron chi connectivity index (χ4n) is 2.71. The van der Waals surface area contributed by atoms with E-state index in [9.17, 15) is 14.4 Å². The Bertz CT molecular complexity index is 553. The quantitative estimate of drug-likeness (QED) is 0.755. The first-order valence-corrected chi connectivity index (χ1v) is 6.88. The van der Waals surface area contributed by atoms with E-state index in [2.05, 4.69) is 5.32 Å². The van der Waals surface area contributed by atoms with E-state index in [1.165, 1.54) is 0 Å². The van der Waals surface area contributed by atoms with Crippen LogP contribution in [0.2, 0.25) is 0 Å². The smallest absolute Gasteiger partial charge is 0.307 e. The zero-order valence-electron chi connectivity index (χ0n) is 11.5. The number of carbonyl (C=O) groups excluding carboxylic acids is 2. The average Bonchev–Trinajstić information content (AvgIpc) is 2.90. The molecule has 2 rings (SSSR count). The number of carboxylic acids is 1. The van der Waals surface area contributed by atoms with E-state index < -0.39 is 23.7 Å². The second kappa shape index (κ2) is 6.39. The lowest BCUT2D eigenvalue weighted by Gasteiger charge is -2.15. The Morgan fingerprint density at radius 2 is 1.76 bits per heavy atom. The summed E-state index contributed by atoms with van der Waals surface area (Å²) < 4.78 is 0. The number of nitrogens with one attached hydrogen (secondary N) is 1. The molecule has 0 saturated heterocycles. The Morgan fingerprint density at radius 1 is 1.14 bits per heavy atom. The van der Waals surface area contributed by atoms with E-state index in [1.54, 1.807) is 24.3 Å². The number of anilines is 1. The Labute approximate surface area is 122 Å². The molecule has 1 aromatic carbocycles. The fourth-order valence-corrected chi connectivity index (χ4v) is 2.71. The lowest BCUT2D eigenvalue weighted by molar-refractivity contribution is -0.145. The summed E-state index contributed by atoms with van der Waals surface area (Å²) in [6.45, 7) is 0. The monoisotopic (exact) mass is 290 g/mol. The number of carboxylic acid groups (broad SMARTS) is 1. The van der Waals surface area contributed by atoms with Crippen LogP contribution in [-0.4, -0.2) is 22.9 Å². The van der Waals surface area contributed by atoms with E-state index in [0.717, 1.165) is 12.0 Å². The van der Waals surface area contributed by atoms with Crippen molar-refractivity contribution in [2.75, 3.05) is 5.32 Å². The maximum Gasteiger partial charge on any atom is 0.307 e. The average molecular weight is 290 g/mol. The molecule has 1 aromatic rings. The predicted octanol–water partition coefficient (Wildman–Crippen LogP) is 1.15. The number of primary amides is 1. The molecule has 2 amide bonds. The number of amides is 2. The van der Waals surface area contributed by atoms with E-state index in [4.69, 9.17) is 10.8 Å². The van der Waals surface area contributed by atoms with Crippen LogP contribution in [-0.2, 0) is 20.8 Å². The SMILES string of the molecule is NC(=O)Cc1ccc(NC(=O)[C@@H]2CCC[C@@H]2C(=O)O)cc1. The molecule has 6 nitrogen and oxygen atoms in total. The third-order valence-corrected chi connectivity index (χ3v) is 3.77. The molecule has 0 spiro atoms. The van der Waals surface area contributed by atoms with Gasteiger partial charge in [0.25, 0.3) is 0 Å². The third-order valence-electron chi connectivity index (χ3n) is 3.77. The van der Waals surface area contributed by atoms with Crippen LogP contribution in [0.15, 0.2) is 24.3 Å². The van der Waals surface area contributed by atoms with Gasteiger partial charge in [-0.15, -0.1) is 0 Å².